The van der Waals surface area contributed by atoms with E-state index < -0.39 is 11.5 Å². The smallest absolute Gasteiger partial charge is 0.246 e. The van der Waals surface area contributed by atoms with E-state index in [9.17, 15) is 14.4 Å². The number of benzene rings is 1. The van der Waals surface area contributed by atoms with Crippen LogP contribution in [0.1, 0.15) is 32.4 Å². The molecule has 1 aromatic carbocycles. The van der Waals surface area contributed by atoms with E-state index in [1.807, 2.05) is 60.9 Å². The number of piperazine rings is 1. The van der Waals surface area contributed by atoms with Crippen molar-refractivity contribution in [2.45, 2.75) is 26.8 Å². The largest absolute Gasteiger partial charge is 0.357 e. The van der Waals surface area contributed by atoms with Crippen molar-refractivity contribution in [1.29, 1.82) is 0 Å². The van der Waals surface area contributed by atoms with Crippen LogP contribution in [0.2, 0.25) is 0 Å². The molecule has 0 spiro atoms. The highest BCUT2D eigenvalue weighted by Gasteiger charge is 2.30. The molecule has 1 atom stereocenters. The van der Waals surface area contributed by atoms with Crippen molar-refractivity contribution in [3.63, 3.8) is 0 Å². The Morgan fingerprint density at radius 3 is 2.15 bits per heavy atom. The predicted octanol–water partition coefficient (Wildman–Crippen LogP) is 0.780. The molecule has 0 saturated carbocycles. The first-order chi connectivity index (χ1) is 12.7. The maximum atomic E-state index is 12.5. The highest BCUT2D eigenvalue weighted by molar-refractivity contribution is 5.89. The molecule has 1 aliphatic rings. The Balaban J connectivity index is 1.90. The fourth-order valence-electron chi connectivity index (χ4n) is 3.08. The SMILES string of the molecule is CNC(=O)C(NC(=O)CN1CCN(C(=O)C(C)(C)C)CC1)c1ccccc1. The molecule has 1 unspecified atom stereocenters. The number of hydrogen-bond acceptors (Lipinski definition) is 4. The molecule has 1 heterocycles. The second-order valence-electron chi connectivity index (χ2n) is 7.84. The van der Waals surface area contributed by atoms with Crippen LogP contribution in [0.5, 0.6) is 0 Å². The molecule has 27 heavy (non-hydrogen) atoms. The molecule has 1 saturated heterocycles. The van der Waals surface area contributed by atoms with Gasteiger partial charge in [0.05, 0.1) is 6.54 Å². The number of rotatable bonds is 5. The fourth-order valence-corrected chi connectivity index (χ4v) is 3.08. The lowest BCUT2D eigenvalue weighted by Gasteiger charge is -2.37. The van der Waals surface area contributed by atoms with E-state index in [1.165, 1.54) is 0 Å². The van der Waals surface area contributed by atoms with E-state index >= 15 is 0 Å². The Morgan fingerprint density at radius 1 is 1.04 bits per heavy atom. The zero-order valence-corrected chi connectivity index (χ0v) is 16.6. The van der Waals surface area contributed by atoms with Gasteiger partial charge in [0.15, 0.2) is 0 Å². The molecule has 0 aliphatic carbocycles. The second kappa shape index (κ2) is 8.99. The molecule has 0 aromatic heterocycles. The minimum Gasteiger partial charge on any atom is -0.357 e. The summed E-state index contributed by atoms with van der Waals surface area (Å²) < 4.78 is 0. The first-order valence-electron chi connectivity index (χ1n) is 9.30. The van der Waals surface area contributed by atoms with Gasteiger partial charge in [-0.25, -0.2) is 0 Å². The summed E-state index contributed by atoms with van der Waals surface area (Å²) in [6.45, 7) is 8.46. The zero-order valence-electron chi connectivity index (χ0n) is 16.6. The van der Waals surface area contributed by atoms with Crippen LogP contribution in [0.15, 0.2) is 30.3 Å². The van der Waals surface area contributed by atoms with Gasteiger partial charge >= 0.3 is 0 Å². The van der Waals surface area contributed by atoms with Gasteiger partial charge in [-0.2, -0.15) is 0 Å². The summed E-state index contributed by atoms with van der Waals surface area (Å²) in [6, 6.07) is 8.46. The van der Waals surface area contributed by atoms with Gasteiger partial charge in [-0.1, -0.05) is 51.1 Å². The van der Waals surface area contributed by atoms with Gasteiger partial charge in [0.25, 0.3) is 0 Å². The average molecular weight is 374 g/mol. The maximum Gasteiger partial charge on any atom is 0.246 e. The van der Waals surface area contributed by atoms with Crippen molar-refractivity contribution >= 4 is 17.7 Å². The molecule has 148 valence electrons. The molecular formula is C20H30N4O3. The standard InChI is InChI=1S/C20H30N4O3/c1-20(2,3)19(27)24-12-10-23(11-13-24)14-16(25)22-17(18(26)21-4)15-8-6-5-7-9-15/h5-9,17H,10-14H2,1-4H3,(H,21,26)(H,22,25). The molecule has 0 radical (unpaired) electrons. The Kier molecular flexibility index (Phi) is 6.96. The van der Waals surface area contributed by atoms with Crippen LogP contribution >= 0.6 is 0 Å². The second-order valence-corrected chi connectivity index (χ2v) is 7.84. The lowest BCUT2D eigenvalue weighted by atomic mass is 9.94. The van der Waals surface area contributed by atoms with Gasteiger partial charge in [-0.05, 0) is 5.56 Å². The number of carbonyl (C=O) groups is 3. The predicted molar refractivity (Wildman–Crippen MR) is 104 cm³/mol. The summed E-state index contributed by atoms with van der Waals surface area (Å²) in [6.07, 6.45) is 0. The fraction of sp³-hybridized carbons (Fsp3) is 0.550. The first kappa shape index (κ1) is 20.9. The highest BCUT2D eigenvalue weighted by Crippen LogP contribution is 2.18. The molecule has 2 N–H and O–H groups in total. The minimum absolute atomic E-state index is 0.135. The number of likely N-dealkylation sites (N-methyl/N-ethyl adjacent to an activating group) is 1. The van der Waals surface area contributed by atoms with Crippen LogP contribution in [-0.2, 0) is 14.4 Å². The van der Waals surface area contributed by atoms with Gasteiger partial charge < -0.3 is 15.5 Å². The van der Waals surface area contributed by atoms with Crippen molar-refractivity contribution in [2.24, 2.45) is 5.41 Å². The van der Waals surface area contributed by atoms with Crippen LogP contribution in [0.3, 0.4) is 0 Å². The van der Waals surface area contributed by atoms with Crippen molar-refractivity contribution in [2.75, 3.05) is 39.8 Å². The number of carbonyl (C=O) groups excluding carboxylic acids is 3. The first-order valence-corrected chi connectivity index (χ1v) is 9.30. The van der Waals surface area contributed by atoms with Crippen molar-refractivity contribution < 1.29 is 14.4 Å². The van der Waals surface area contributed by atoms with Crippen molar-refractivity contribution in [3.8, 4) is 0 Å². The molecule has 3 amide bonds. The van der Waals surface area contributed by atoms with Crippen LogP contribution in [0.4, 0.5) is 0 Å². The summed E-state index contributed by atoms with van der Waals surface area (Å²) in [7, 11) is 1.55. The van der Waals surface area contributed by atoms with Crippen LogP contribution in [0.25, 0.3) is 0 Å². The molecule has 1 aromatic rings. The van der Waals surface area contributed by atoms with Gasteiger partial charge in [0.1, 0.15) is 6.04 Å². The van der Waals surface area contributed by atoms with Crippen LogP contribution in [0, 0.1) is 5.41 Å². The topological polar surface area (TPSA) is 81.8 Å². The third-order valence-corrected chi connectivity index (χ3v) is 4.62. The summed E-state index contributed by atoms with van der Waals surface area (Å²) in [5, 5.41) is 5.41. The Bertz CT molecular complexity index is 662. The van der Waals surface area contributed by atoms with Crippen molar-refractivity contribution in [1.82, 2.24) is 20.4 Å². The molecule has 2 rings (SSSR count). The molecule has 1 aliphatic heterocycles. The molecule has 0 bridgehead atoms. The Hall–Kier alpha value is -2.41. The highest BCUT2D eigenvalue weighted by atomic mass is 16.2. The van der Waals surface area contributed by atoms with E-state index in [1.54, 1.807) is 7.05 Å². The lowest BCUT2D eigenvalue weighted by molar-refractivity contribution is -0.141. The molecule has 7 nitrogen and oxygen atoms in total. The van der Waals surface area contributed by atoms with Crippen molar-refractivity contribution in [3.05, 3.63) is 35.9 Å². The molecule has 1 fully saturated rings. The van der Waals surface area contributed by atoms with E-state index in [4.69, 9.17) is 0 Å². The minimum atomic E-state index is -0.715. The third kappa shape index (κ3) is 5.79. The summed E-state index contributed by atoms with van der Waals surface area (Å²) in [5.41, 5.74) is 0.349. The zero-order chi connectivity index (χ0) is 20.0. The van der Waals surface area contributed by atoms with Crippen LogP contribution < -0.4 is 10.6 Å². The molecule has 7 heteroatoms. The third-order valence-electron chi connectivity index (χ3n) is 4.62. The number of nitrogens with zero attached hydrogens (tertiary/aromatic N) is 2. The average Bonchev–Trinajstić information content (AvgIpc) is 2.65. The monoisotopic (exact) mass is 374 g/mol. The van der Waals surface area contributed by atoms with Gasteiger partial charge in [-0.15, -0.1) is 0 Å². The van der Waals surface area contributed by atoms with E-state index in [0.717, 1.165) is 5.56 Å². The summed E-state index contributed by atoms with van der Waals surface area (Å²) >= 11 is 0. The number of nitrogens with one attached hydrogen (secondary N) is 2. The number of hydrogen-bond donors (Lipinski definition) is 2. The van der Waals surface area contributed by atoms with Gasteiger partial charge in [0, 0.05) is 38.6 Å². The maximum absolute atomic E-state index is 12.5. The van der Waals surface area contributed by atoms with E-state index in [2.05, 4.69) is 10.6 Å². The van der Waals surface area contributed by atoms with Gasteiger partial charge in [0.2, 0.25) is 17.7 Å². The lowest BCUT2D eigenvalue weighted by Crippen LogP contribution is -2.53. The Labute approximate surface area is 161 Å². The quantitative estimate of drug-likeness (QED) is 0.798. The Morgan fingerprint density at radius 2 is 1.63 bits per heavy atom. The normalized spacial score (nSPS) is 16.5. The van der Waals surface area contributed by atoms with E-state index in [-0.39, 0.29) is 24.3 Å². The summed E-state index contributed by atoms with van der Waals surface area (Å²) in [5.74, 6) is -0.325. The van der Waals surface area contributed by atoms with E-state index in [0.29, 0.717) is 26.2 Å². The van der Waals surface area contributed by atoms with Crippen LogP contribution in [-0.4, -0.2) is 67.3 Å². The summed E-state index contributed by atoms with van der Waals surface area (Å²) in [4.78, 5) is 40.8. The van der Waals surface area contributed by atoms with Gasteiger partial charge in [-0.3, -0.25) is 19.3 Å². The molecular weight excluding hydrogens is 344 g/mol. The number of amides is 3.